The van der Waals surface area contributed by atoms with Gasteiger partial charge in [-0.1, -0.05) is 65.2 Å². The lowest BCUT2D eigenvalue weighted by atomic mass is 9.77. The molecule has 0 radical (unpaired) electrons. The summed E-state index contributed by atoms with van der Waals surface area (Å²) in [7, 11) is 0. The van der Waals surface area contributed by atoms with Gasteiger partial charge >= 0.3 is 0 Å². The van der Waals surface area contributed by atoms with Crippen LogP contribution in [-0.4, -0.2) is 24.8 Å². The van der Waals surface area contributed by atoms with Gasteiger partial charge in [-0.15, -0.1) is 0 Å². The molecule has 0 N–H and O–H groups in total. The van der Waals surface area contributed by atoms with Crippen molar-refractivity contribution in [3.63, 3.8) is 0 Å². The molecule has 1 aromatic carbocycles. The number of nitrogens with zero attached hydrogens (tertiary/aromatic N) is 1. The van der Waals surface area contributed by atoms with E-state index in [0.29, 0.717) is 19.6 Å². The molecule has 1 saturated carbocycles. The molecule has 0 bridgehead atoms. The van der Waals surface area contributed by atoms with Crippen LogP contribution in [0.5, 0.6) is 5.75 Å². The van der Waals surface area contributed by atoms with Gasteiger partial charge in [-0.25, -0.2) is 22.5 Å². The lowest BCUT2D eigenvalue weighted by Crippen LogP contribution is -2.33. The third-order valence-electron chi connectivity index (χ3n) is 9.51. The van der Waals surface area contributed by atoms with Crippen molar-refractivity contribution in [1.82, 2.24) is 4.98 Å². The predicted molar refractivity (Wildman–Crippen MR) is 165 cm³/mol. The Morgan fingerprint density at radius 1 is 0.864 bits per heavy atom. The largest absolute Gasteiger partial charge is 0.489 e. The van der Waals surface area contributed by atoms with Crippen molar-refractivity contribution in [2.75, 3.05) is 19.8 Å². The predicted octanol–water partition coefficient (Wildman–Crippen LogP) is 11.0. The second kappa shape index (κ2) is 16.9. The molecular weight excluding hydrogens is 573 g/mol. The first-order chi connectivity index (χ1) is 21.3. The number of alkyl halides is 2. The summed E-state index contributed by atoms with van der Waals surface area (Å²) in [6.07, 6.45) is 14.1. The SMILES string of the molecule is CCCCCOCCCCCC1CCc2cc(-c3ccc(OCCCCCC(CC)C4CC4)c(F)n3)c(F)c(F)c2C1(F)F. The molecule has 2 aliphatic carbocycles. The number of benzene rings is 1. The van der Waals surface area contributed by atoms with E-state index in [1.165, 1.54) is 43.9 Å². The molecule has 4 rings (SSSR count). The van der Waals surface area contributed by atoms with Crippen LogP contribution in [0.4, 0.5) is 22.0 Å². The maximum Gasteiger partial charge on any atom is 0.279 e. The molecule has 0 saturated heterocycles. The summed E-state index contributed by atoms with van der Waals surface area (Å²) in [6.45, 7) is 6.04. The summed E-state index contributed by atoms with van der Waals surface area (Å²) in [5.41, 5.74) is -1.28. The van der Waals surface area contributed by atoms with Crippen LogP contribution in [0.25, 0.3) is 11.3 Å². The molecule has 1 heterocycles. The van der Waals surface area contributed by atoms with E-state index in [1.807, 2.05) is 0 Å². The molecule has 0 amide bonds. The van der Waals surface area contributed by atoms with Gasteiger partial charge in [0.25, 0.3) is 11.9 Å². The van der Waals surface area contributed by atoms with E-state index >= 15 is 17.6 Å². The third-order valence-corrected chi connectivity index (χ3v) is 9.51. The first kappa shape index (κ1) is 34.6. The van der Waals surface area contributed by atoms with Gasteiger partial charge in [-0.05, 0) is 87.0 Å². The Balaban J connectivity index is 1.29. The minimum atomic E-state index is -3.49. The van der Waals surface area contributed by atoms with E-state index in [-0.39, 0.29) is 41.8 Å². The van der Waals surface area contributed by atoms with Crippen molar-refractivity contribution in [2.45, 2.75) is 123 Å². The number of aromatic nitrogens is 1. The van der Waals surface area contributed by atoms with E-state index < -0.39 is 35.0 Å². The molecule has 44 heavy (non-hydrogen) atoms. The van der Waals surface area contributed by atoms with E-state index in [0.717, 1.165) is 69.8 Å². The molecule has 2 unspecified atom stereocenters. The Morgan fingerprint density at radius 3 is 2.30 bits per heavy atom. The summed E-state index contributed by atoms with van der Waals surface area (Å²) < 4.78 is 87.4. The van der Waals surface area contributed by atoms with Gasteiger partial charge in [0.1, 0.15) is 0 Å². The van der Waals surface area contributed by atoms with Crippen LogP contribution in [0.3, 0.4) is 0 Å². The molecule has 2 aliphatic rings. The number of fused-ring (bicyclic) bond motifs is 1. The van der Waals surface area contributed by atoms with Crippen LogP contribution < -0.4 is 4.74 Å². The number of pyridine rings is 1. The van der Waals surface area contributed by atoms with Crippen LogP contribution in [0, 0.1) is 35.3 Å². The van der Waals surface area contributed by atoms with Crippen LogP contribution in [-0.2, 0) is 17.1 Å². The van der Waals surface area contributed by atoms with Crippen molar-refractivity contribution in [3.05, 3.63) is 46.9 Å². The lowest BCUT2D eigenvalue weighted by molar-refractivity contribution is -0.0823. The molecule has 1 aromatic heterocycles. The molecule has 2 aromatic rings. The average Bonchev–Trinajstić information content (AvgIpc) is 3.84. The lowest BCUT2D eigenvalue weighted by Gasteiger charge is -2.34. The van der Waals surface area contributed by atoms with Gasteiger partial charge in [-0.2, -0.15) is 4.39 Å². The van der Waals surface area contributed by atoms with Crippen LogP contribution >= 0.6 is 0 Å². The topological polar surface area (TPSA) is 31.4 Å². The van der Waals surface area contributed by atoms with E-state index in [2.05, 4.69) is 18.8 Å². The standard InChI is InChI=1S/C36H50F5NO2/c1-3-5-10-21-43-22-11-7-9-14-28-18-17-27-24-29(33(37)34(38)32(27)36(28,40)41)30-19-20-31(35(39)42-30)44-23-12-6-8-13-25(4-2)26-15-16-26/h19-20,24-26,28H,3-18,21-23H2,1-2H3. The molecule has 8 heteroatoms. The fraction of sp³-hybridized carbons (Fsp3) is 0.694. The minimum absolute atomic E-state index is 0.0511. The smallest absolute Gasteiger partial charge is 0.279 e. The zero-order valence-corrected chi connectivity index (χ0v) is 26.6. The van der Waals surface area contributed by atoms with Gasteiger partial charge in [0.15, 0.2) is 17.4 Å². The van der Waals surface area contributed by atoms with Gasteiger partial charge in [0.2, 0.25) is 0 Å². The first-order valence-electron chi connectivity index (χ1n) is 17.0. The van der Waals surface area contributed by atoms with Crippen molar-refractivity contribution in [1.29, 1.82) is 0 Å². The highest BCUT2D eigenvalue weighted by Gasteiger charge is 2.48. The number of unbranched alkanes of at least 4 members (excludes halogenated alkanes) is 6. The van der Waals surface area contributed by atoms with Crippen molar-refractivity contribution < 1.29 is 31.4 Å². The summed E-state index contributed by atoms with van der Waals surface area (Å²) in [4.78, 5) is 3.81. The van der Waals surface area contributed by atoms with Crippen LogP contribution in [0.15, 0.2) is 18.2 Å². The molecule has 2 atom stereocenters. The molecule has 1 fully saturated rings. The summed E-state index contributed by atoms with van der Waals surface area (Å²) >= 11 is 0. The second-order valence-corrected chi connectivity index (χ2v) is 12.8. The van der Waals surface area contributed by atoms with Crippen molar-refractivity contribution in [3.8, 4) is 17.0 Å². The maximum absolute atomic E-state index is 15.5. The highest BCUT2D eigenvalue weighted by molar-refractivity contribution is 5.63. The Morgan fingerprint density at radius 2 is 1.59 bits per heavy atom. The van der Waals surface area contributed by atoms with E-state index in [4.69, 9.17) is 9.47 Å². The quantitative estimate of drug-likeness (QED) is 0.0835. The Hall–Kier alpha value is -2.22. The van der Waals surface area contributed by atoms with Gasteiger partial charge in [0.05, 0.1) is 17.9 Å². The summed E-state index contributed by atoms with van der Waals surface area (Å²) in [5, 5.41) is 0. The molecule has 0 spiro atoms. The van der Waals surface area contributed by atoms with Gasteiger partial charge in [-0.3, -0.25) is 0 Å². The molecule has 246 valence electrons. The van der Waals surface area contributed by atoms with Crippen LogP contribution in [0.2, 0.25) is 0 Å². The number of halogens is 5. The fourth-order valence-electron chi connectivity index (χ4n) is 6.68. The van der Waals surface area contributed by atoms with E-state index in [9.17, 15) is 4.39 Å². The van der Waals surface area contributed by atoms with Gasteiger partial charge < -0.3 is 9.47 Å². The fourth-order valence-corrected chi connectivity index (χ4v) is 6.68. The van der Waals surface area contributed by atoms with Crippen molar-refractivity contribution >= 4 is 0 Å². The van der Waals surface area contributed by atoms with Gasteiger partial charge in [0, 0.05) is 24.7 Å². The Kier molecular flexibility index (Phi) is 13.3. The second-order valence-electron chi connectivity index (χ2n) is 12.8. The number of rotatable bonds is 20. The first-order valence-corrected chi connectivity index (χ1v) is 17.0. The maximum atomic E-state index is 15.5. The average molecular weight is 624 g/mol. The number of hydrogen-bond donors (Lipinski definition) is 0. The number of hydrogen-bond acceptors (Lipinski definition) is 3. The zero-order chi connectivity index (χ0) is 31.5. The molecule has 3 nitrogen and oxygen atoms in total. The monoisotopic (exact) mass is 623 g/mol. The summed E-state index contributed by atoms with van der Waals surface area (Å²) in [5.74, 6) is -6.82. The normalized spacial score (nSPS) is 18.3. The zero-order valence-electron chi connectivity index (χ0n) is 26.6. The minimum Gasteiger partial charge on any atom is -0.489 e. The Bertz CT molecular complexity index is 1190. The van der Waals surface area contributed by atoms with Crippen molar-refractivity contribution in [2.24, 2.45) is 17.8 Å². The van der Waals surface area contributed by atoms with Crippen LogP contribution in [0.1, 0.15) is 121 Å². The summed E-state index contributed by atoms with van der Waals surface area (Å²) in [6, 6.07) is 3.90. The number of aryl methyl sites for hydroxylation is 1. The number of ether oxygens (including phenoxy) is 2. The third kappa shape index (κ3) is 9.17. The highest BCUT2D eigenvalue weighted by Crippen LogP contribution is 2.49. The van der Waals surface area contributed by atoms with E-state index in [1.54, 1.807) is 0 Å². The molecule has 0 aliphatic heterocycles. The molecular formula is C36H50F5NO2. The Labute approximate surface area is 260 Å². The highest BCUT2D eigenvalue weighted by atomic mass is 19.3.